The molecule has 0 unspecified atom stereocenters. The maximum absolute atomic E-state index is 11.9. The van der Waals surface area contributed by atoms with Crippen molar-refractivity contribution in [1.29, 1.82) is 0 Å². The minimum absolute atomic E-state index is 0.0470. The van der Waals surface area contributed by atoms with Crippen LogP contribution in [0.1, 0.15) is 16.7 Å². The van der Waals surface area contributed by atoms with Crippen LogP contribution in [0.2, 0.25) is 0 Å². The molecule has 134 valence electrons. The Morgan fingerprint density at radius 3 is 2.44 bits per heavy atom. The Labute approximate surface area is 148 Å². The highest BCUT2D eigenvalue weighted by Gasteiger charge is 2.08. The van der Waals surface area contributed by atoms with Crippen LogP contribution in [0.25, 0.3) is 0 Å². The second kappa shape index (κ2) is 8.13. The van der Waals surface area contributed by atoms with E-state index in [9.17, 15) is 13.2 Å². The Bertz CT molecular complexity index is 846. The summed E-state index contributed by atoms with van der Waals surface area (Å²) in [6, 6.07) is 12.0. The van der Waals surface area contributed by atoms with Gasteiger partial charge in [0.15, 0.2) is 6.61 Å². The quantitative estimate of drug-likeness (QED) is 0.783. The van der Waals surface area contributed by atoms with Crippen LogP contribution in [-0.2, 0) is 21.2 Å². The SMILES string of the molecule is Cc1cccc(OCC(=O)NCCc2ccc(S(N)(=O)=O)cc2)c1C. The van der Waals surface area contributed by atoms with Gasteiger partial charge in [0.2, 0.25) is 10.0 Å². The smallest absolute Gasteiger partial charge is 0.257 e. The minimum atomic E-state index is -3.68. The zero-order valence-corrected chi connectivity index (χ0v) is 15.1. The molecule has 2 aromatic carbocycles. The van der Waals surface area contributed by atoms with Crippen molar-refractivity contribution < 1.29 is 17.9 Å². The van der Waals surface area contributed by atoms with Crippen LogP contribution in [0.15, 0.2) is 47.4 Å². The summed E-state index contributed by atoms with van der Waals surface area (Å²) in [6.45, 7) is 4.33. The summed E-state index contributed by atoms with van der Waals surface area (Å²) < 4.78 is 27.9. The van der Waals surface area contributed by atoms with E-state index in [2.05, 4.69) is 5.32 Å². The predicted octanol–water partition coefficient (Wildman–Crippen LogP) is 1.69. The second-order valence-corrected chi connectivity index (χ2v) is 7.34. The molecule has 1 amide bonds. The lowest BCUT2D eigenvalue weighted by Crippen LogP contribution is -2.30. The molecule has 0 aliphatic carbocycles. The highest BCUT2D eigenvalue weighted by molar-refractivity contribution is 7.89. The standard InChI is InChI=1S/C18H22N2O4S/c1-13-4-3-5-17(14(13)2)24-12-18(21)20-11-10-15-6-8-16(9-7-15)25(19,22)23/h3-9H,10-12H2,1-2H3,(H,20,21)(H2,19,22,23). The lowest BCUT2D eigenvalue weighted by atomic mass is 10.1. The summed E-state index contributed by atoms with van der Waals surface area (Å²) in [5.41, 5.74) is 3.04. The van der Waals surface area contributed by atoms with Gasteiger partial charge in [-0.3, -0.25) is 4.79 Å². The molecule has 0 saturated heterocycles. The number of rotatable bonds is 7. The summed E-state index contributed by atoms with van der Waals surface area (Å²) in [4.78, 5) is 11.9. The number of sulfonamides is 1. The summed E-state index contributed by atoms with van der Waals surface area (Å²) in [7, 11) is -3.68. The highest BCUT2D eigenvalue weighted by atomic mass is 32.2. The molecule has 0 heterocycles. The maximum atomic E-state index is 11.9. The van der Waals surface area contributed by atoms with Gasteiger partial charge in [-0.15, -0.1) is 0 Å². The van der Waals surface area contributed by atoms with Crippen molar-refractivity contribution in [2.45, 2.75) is 25.2 Å². The molecule has 0 aromatic heterocycles. The van der Waals surface area contributed by atoms with E-state index in [-0.39, 0.29) is 17.4 Å². The van der Waals surface area contributed by atoms with Crippen LogP contribution in [0.3, 0.4) is 0 Å². The van der Waals surface area contributed by atoms with Gasteiger partial charge in [-0.05, 0) is 55.2 Å². The average molecular weight is 362 g/mol. The first-order valence-corrected chi connectivity index (χ1v) is 9.39. The topological polar surface area (TPSA) is 98.5 Å². The number of carbonyl (C=O) groups is 1. The molecule has 7 heteroatoms. The van der Waals surface area contributed by atoms with Crippen LogP contribution < -0.4 is 15.2 Å². The van der Waals surface area contributed by atoms with Crippen molar-refractivity contribution in [1.82, 2.24) is 5.32 Å². The third kappa shape index (κ3) is 5.58. The van der Waals surface area contributed by atoms with Gasteiger partial charge in [-0.1, -0.05) is 24.3 Å². The number of carbonyl (C=O) groups excluding carboxylic acids is 1. The number of primary sulfonamides is 1. The van der Waals surface area contributed by atoms with E-state index in [4.69, 9.17) is 9.88 Å². The van der Waals surface area contributed by atoms with Gasteiger partial charge in [0, 0.05) is 6.54 Å². The molecule has 0 aliphatic heterocycles. The van der Waals surface area contributed by atoms with Gasteiger partial charge < -0.3 is 10.1 Å². The molecule has 0 aliphatic rings. The number of nitrogens with one attached hydrogen (secondary N) is 1. The van der Waals surface area contributed by atoms with Gasteiger partial charge >= 0.3 is 0 Å². The zero-order valence-electron chi connectivity index (χ0n) is 14.3. The average Bonchev–Trinajstić information content (AvgIpc) is 2.56. The van der Waals surface area contributed by atoms with Crippen molar-refractivity contribution in [3.8, 4) is 5.75 Å². The summed E-state index contributed by atoms with van der Waals surface area (Å²) in [6.07, 6.45) is 0.583. The normalized spacial score (nSPS) is 11.2. The molecule has 0 fully saturated rings. The van der Waals surface area contributed by atoms with Gasteiger partial charge in [0.1, 0.15) is 5.75 Å². The fourth-order valence-corrected chi connectivity index (χ4v) is 2.78. The van der Waals surface area contributed by atoms with Crippen LogP contribution >= 0.6 is 0 Å². The molecular weight excluding hydrogens is 340 g/mol. The number of hydrogen-bond donors (Lipinski definition) is 2. The van der Waals surface area contributed by atoms with Crippen molar-refractivity contribution in [2.75, 3.05) is 13.2 Å². The first kappa shape index (κ1) is 19.0. The van der Waals surface area contributed by atoms with E-state index in [1.54, 1.807) is 12.1 Å². The molecule has 6 nitrogen and oxygen atoms in total. The third-order valence-electron chi connectivity index (χ3n) is 3.90. The summed E-state index contributed by atoms with van der Waals surface area (Å²) in [5, 5.41) is 7.82. The molecule has 25 heavy (non-hydrogen) atoms. The van der Waals surface area contributed by atoms with Crippen LogP contribution in [0.5, 0.6) is 5.75 Å². The lowest BCUT2D eigenvalue weighted by molar-refractivity contribution is -0.123. The fourth-order valence-electron chi connectivity index (χ4n) is 2.27. The van der Waals surface area contributed by atoms with Gasteiger partial charge in [-0.25, -0.2) is 13.6 Å². The van der Waals surface area contributed by atoms with Gasteiger partial charge in [0.25, 0.3) is 5.91 Å². The minimum Gasteiger partial charge on any atom is -0.483 e. The zero-order chi connectivity index (χ0) is 18.4. The maximum Gasteiger partial charge on any atom is 0.257 e. The van der Waals surface area contributed by atoms with E-state index in [0.717, 1.165) is 16.7 Å². The highest BCUT2D eigenvalue weighted by Crippen LogP contribution is 2.20. The molecule has 0 radical (unpaired) electrons. The van der Waals surface area contributed by atoms with E-state index in [1.807, 2.05) is 32.0 Å². The van der Waals surface area contributed by atoms with E-state index < -0.39 is 10.0 Å². The van der Waals surface area contributed by atoms with Crippen LogP contribution in [0.4, 0.5) is 0 Å². The Hall–Kier alpha value is -2.38. The van der Waals surface area contributed by atoms with Gasteiger partial charge in [-0.2, -0.15) is 0 Å². The predicted molar refractivity (Wildman–Crippen MR) is 95.9 cm³/mol. The number of nitrogens with two attached hydrogens (primary N) is 1. The van der Waals surface area contributed by atoms with Crippen molar-refractivity contribution in [2.24, 2.45) is 5.14 Å². The Kier molecular flexibility index (Phi) is 6.17. The number of amides is 1. The first-order chi connectivity index (χ1) is 11.8. The summed E-state index contributed by atoms with van der Waals surface area (Å²) >= 11 is 0. The Morgan fingerprint density at radius 1 is 1.12 bits per heavy atom. The van der Waals surface area contributed by atoms with Crippen LogP contribution in [-0.4, -0.2) is 27.5 Å². The van der Waals surface area contributed by atoms with E-state index in [0.29, 0.717) is 18.7 Å². The number of benzene rings is 2. The molecule has 0 saturated carbocycles. The second-order valence-electron chi connectivity index (χ2n) is 5.78. The molecule has 2 aromatic rings. The Morgan fingerprint density at radius 2 is 1.80 bits per heavy atom. The third-order valence-corrected chi connectivity index (χ3v) is 4.83. The van der Waals surface area contributed by atoms with Gasteiger partial charge in [0.05, 0.1) is 4.90 Å². The molecule has 2 rings (SSSR count). The molecular formula is C18H22N2O4S. The molecule has 0 atom stereocenters. The fraction of sp³-hybridized carbons (Fsp3) is 0.278. The van der Waals surface area contributed by atoms with Crippen molar-refractivity contribution >= 4 is 15.9 Å². The molecule has 0 bridgehead atoms. The number of hydrogen-bond acceptors (Lipinski definition) is 4. The molecule has 3 N–H and O–H groups in total. The van der Waals surface area contributed by atoms with E-state index >= 15 is 0 Å². The largest absolute Gasteiger partial charge is 0.483 e. The van der Waals surface area contributed by atoms with E-state index in [1.165, 1.54) is 12.1 Å². The van der Waals surface area contributed by atoms with Crippen molar-refractivity contribution in [3.63, 3.8) is 0 Å². The molecule has 0 spiro atoms. The number of aryl methyl sites for hydroxylation is 1. The lowest BCUT2D eigenvalue weighted by Gasteiger charge is -2.11. The number of ether oxygens (including phenoxy) is 1. The first-order valence-electron chi connectivity index (χ1n) is 7.85. The van der Waals surface area contributed by atoms with Crippen molar-refractivity contribution in [3.05, 3.63) is 59.2 Å². The Balaban J connectivity index is 1.78. The summed E-state index contributed by atoms with van der Waals surface area (Å²) in [5.74, 6) is 0.496. The monoisotopic (exact) mass is 362 g/mol. The van der Waals surface area contributed by atoms with Crippen LogP contribution in [0, 0.1) is 13.8 Å².